The quantitative estimate of drug-likeness (QED) is 0.786. The Morgan fingerprint density at radius 3 is 2.29 bits per heavy atom. The number of hydrogen-bond donors (Lipinski definition) is 1. The highest BCUT2D eigenvalue weighted by Crippen LogP contribution is 2.22. The van der Waals surface area contributed by atoms with Gasteiger partial charge in [0.2, 0.25) is 0 Å². The lowest BCUT2D eigenvalue weighted by Gasteiger charge is -2.33. The van der Waals surface area contributed by atoms with Crippen LogP contribution in [-0.2, 0) is 13.1 Å². The molecule has 5 nitrogen and oxygen atoms in total. The number of nitrogens with one attached hydrogen (secondary N) is 1. The first-order valence-corrected chi connectivity index (χ1v) is 9.92. The fourth-order valence-electron chi connectivity index (χ4n) is 3.61. The Balaban J connectivity index is 1.56. The van der Waals surface area contributed by atoms with Crippen LogP contribution in [0.2, 0.25) is 0 Å². The van der Waals surface area contributed by atoms with E-state index in [2.05, 4.69) is 41.4 Å². The second-order valence-electron chi connectivity index (χ2n) is 7.42. The first-order valence-electron chi connectivity index (χ1n) is 9.92. The van der Waals surface area contributed by atoms with Crippen LogP contribution in [0.3, 0.4) is 0 Å². The number of carbonyl (C=O) groups is 1. The van der Waals surface area contributed by atoms with E-state index in [1.54, 1.807) is 32.4 Å². The maximum absolute atomic E-state index is 12.5. The molecule has 1 heterocycles. The molecular formula is C23H30N2O3. The van der Waals surface area contributed by atoms with Crippen molar-refractivity contribution >= 4 is 5.91 Å². The summed E-state index contributed by atoms with van der Waals surface area (Å²) in [6.07, 6.45) is 3.93. The van der Waals surface area contributed by atoms with Crippen LogP contribution >= 0.6 is 0 Å². The van der Waals surface area contributed by atoms with Gasteiger partial charge in [0.1, 0.15) is 11.5 Å². The molecule has 0 bridgehead atoms. The van der Waals surface area contributed by atoms with Crippen LogP contribution in [0.4, 0.5) is 0 Å². The third-order valence-electron chi connectivity index (χ3n) is 5.42. The van der Waals surface area contributed by atoms with Crippen LogP contribution in [0.5, 0.6) is 11.5 Å². The number of amides is 1. The smallest absolute Gasteiger partial charge is 0.251 e. The van der Waals surface area contributed by atoms with E-state index in [1.165, 1.54) is 31.4 Å². The largest absolute Gasteiger partial charge is 0.497 e. The molecule has 2 aromatic carbocycles. The third kappa shape index (κ3) is 5.26. The predicted octanol–water partition coefficient (Wildman–Crippen LogP) is 4.01. The van der Waals surface area contributed by atoms with E-state index in [1.807, 2.05) is 0 Å². The molecule has 5 heteroatoms. The molecule has 1 saturated heterocycles. The van der Waals surface area contributed by atoms with E-state index in [0.717, 1.165) is 12.1 Å². The van der Waals surface area contributed by atoms with Gasteiger partial charge in [0.25, 0.3) is 5.91 Å². The van der Waals surface area contributed by atoms with Crippen molar-refractivity contribution < 1.29 is 14.3 Å². The highest BCUT2D eigenvalue weighted by molar-refractivity contribution is 5.95. The molecule has 0 aromatic heterocycles. The summed E-state index contributed by atoms with van der Waals surface area (Å²) >= 11 is 0. The molecule has 28 heavy (non-hydrogen) atoms. The van der Waals surface area contributed by atoms with Gasteiger partial charge in [-0.3, -0.25) is 9.69 Å². The molecule has 1 atom stereocenters. The molecule has 1 fully saturated rings. The summed E-state index contributed by atoms with van der Waals surface area (Å²) in [5.74, 6) is 1.05. The Morgan fingerprint density at radius 1 is 1.04 bits per heavy atom. The van der Waals surface area contributed by atoms with Crippen LogP contribution in [0.1, 0.15) is 47.7 Å². The molecule has 1 N–H and O–H groups in total. The Bertz CT molecular complexity index is 767. The Hall–Kier alpha value is -2.53. The van der Waals surface area contributed by atoms with Crippen molar-refractivity contribution in [1.82, 2.24) is 10.2 Å². The average Bonchev–Trinajstić information content (AvgIpc) is 2.74. The first-order chi connectivity index (χ1) is 13.6. The molecule has 0 spiro atoms. The maximum atomic E-state index is 12.5. The van der Waals surface area contributed by atoms with E-state index in [0.29, 0.717) is 29.6 Å². The van der Waals surface area contributed by atoms with Gasteiger partial charge >= 0.3 is 0 Å². The van der Waals surface area contributed by atoms with Crippen molar-refractivity contribution in [1.29, 1.82) is 0 Å². The molecule has 150 valence electrons. The van der Waals surface area contributed by atoms with Gasteiger partial charge in [-0.05, 0) is 49.6 Å². The van der Waals surface area contributed by atoms with Crippen molar-refractivity contribution in [2.45, 2.75) is 45.3 Å². The fourth-order valence-corrected chi connectivity index (χ4v) is 3.61. The summed E-state index contributed by atoms with van der Waals surface area (Å²) in [4.78, 5) is 15.0. The summed E-state index contributed by atoms with van der Waals surface area (Å²) in [5, 5.41) is 2.97. The van der Waals surface area contributed by atoms with E-state index >= 15 is 0 Å². The second kappa shape index (κ2) is 9.60. The van der Waals surface area contributed by atoms with E-state index in [-0.39, 0.29) is 5.91 Å². The van der Waals surface area contributed by atoms with Crippen LogP contribution < -0.4 is 14.8 Å². The number of hydrogen-bond acceptors (Lipinski definition) is 4. The zero-order chi connectivity index (χ0) is 19.9. The summed E-state index contributed by atoms with van der Waals surface area (Å²) in [5.41, 5.74) is 2.92. The number of likely N-dealkylation sites (tertiary alicyclic amines) is 1. The zero-order valence-electron chi connectivity index (χ0n) is 17.0. The average molecular weight is 383 g/mol. The van der Waals surface area contributed by atoms with Gasteiger partial charge in [-0.25, -0.2) is 0 Å². The number of piperidine rings is 1. The number of methoxy groups -OCH3 is 2. The van der Waals surface area contributed by atoms with Crippen LogP contribution in [0, 0.1) is 0 Å². The van der Waals surface area contributed by atoms with Gasteiger partial charge in [-0.2, -0.15) is 0 Å². The molecule has 0 radical (unpaired) electrons. The minimum absolute atomic E-state index is 0.150. The van der Waals surface area contributed by atoms with Crippen molar-refractivity contribution in [2.24, 2.45) is 0 Å². The van der Waals surface area contributed by atoms with Gasteiger partial charge in [0.05, 0.1) is 14.2 Å². The number of rotatable bonds is 7. The molecule has 2 aromatic rings. The summed E-state index contributed by atoms with van der Waals surface area (Å²) in [7, 11) is 3.14. The van der Waals surface area contributed by atoms with Gasteiger partial charge < -0.3 is 14.8 Å². The molecule has 1 unspecified atom stereocenters. The summed E-state index contributed by atoms with van der Waals surface area (Å²) in [6.45, 7) is 4.98. The lowest BCUT2D eigenvalue weighted by molar-refractivity contribution is 0.0950. The molecule has 1 aliphatic heterocycles. The third-order valence-corrected chi connectivity index (χ3v) is 5.42. The maximum Gasteiger partial charge on any atom is 0.251 e. The highest BCUT2D eigenvalue weighted by atomic mass is 16.5. The van der Waals surface area contributed by atoms with Crippen LogP contribution in [0.15, 0.2) is 42.5 Å². The highest BCUT2D eigenvalue weighted by Gasteiger charge is 2.18. The van der Waals surface area contributed by atoms with Crippen molar-refractivity contribution in [3.05, 3.63) is 59.2 Å². The van der Waals surface area contributed by atoms with E-state index < -0.39 is 0 Å². The number of nitrogens with zero attached hydrogens (tertiary/aromatic N) is 1. The first kappa shape index (κ1) is 20.2. The van der Waals surface area contributed by atoms with Crippen LogP contribution in [0.25, 0.3) is 0 Å². The Kier molecular flexibility index (Phi) is 6.93. The summed E-state index contributed by atoms with van der Waals surface area (Å²) in [6, 6.07) is 14.3. The standard InChI is InChI=1S/C23H30N2O3/c1-17-6-4-5-11-25(17)16-19-9-7-18(8-10-19)15-24-23(26)20-12-21(27-2)14-22(13-20)28-3/h7-10,12-14,17H,4-6,11,15-16H2,1-3H3,(H,24,26). The molecule has 0 aliphatic carbocycles. The Labute approximate surface area is 167 Å². The van der Waals surface area contributed by atoms with E-state index in [4.69, 9.17) is 9.47 Å². The fraction of sp³-hybridized carbons (Fsp3) is 0.435. The minimum Gasteiger partial charge on any atom is -0.497 e. The summed E-state index contributed by atoms with van der Waals surface area (Å²) < 4.78 is 10.5. The topological polar surface area (TPSA) is 50.8 Å². The minimum atomic E-state index is -0.150. The van der Waals surface area contributed by atoms with Gasteiger partial charge in [0, 0.05) is 30.8 Å². The Morgan fingerprint density at radius 2 is 1.68 bits per heavy atom. The predicted molar refractivity (Wildman–Crippen MR) is 111 cm³/mol. The zero-order valence-corrected chi connectivity index (χ0v) is 17.0. The van der Waals surface area contributed by atoms with E-state index in [9.17, 15) is 4.79 Å². The van der Waals surface area contributed by atoms with Crippen molar-refractivity contribution in [3.8, 4) is 11.5 Å². The monoisotopic (exact) mass is 382 g/mol. The normalized spacial score (nSPS) is 17.2. The second-order valence-corrected chi connectivity index (χ2v) is 7.42. The number of benzene rings is 2. The molecule has 3 rings (SSSR count). The van der Waals surface area contributed by atoms with Crippen LogP contribution in [-0.4, -0.2) is 37.6 Å². The molecule has 1 aliphatic rings. The molecular weight excluding hydrogens is 352 g/mol. The van der Waals surface area contributed by atoms with Crippen molar-refractivity contribution in [2.75, 3.05) is 20.8 Å². The lowest BCUT2D eigenvalue weighted by atomic mass is 10.0. The van der Waals surface area contributed by atoms with Gasteiger partial charge in [-0.1, -0.05) is 30.7 Å². The van der Waals surface area contributed by atoms with Crippen molar-refractivity contribution in [3.63, 3.8) is 0 Å². The number of carbonyl (C=O) groups excluding carboxylic acids is 1. The van der Waals surface area contributed by atoms with Gasteiger partial charge in [0.15, 0.2) is 0 Å². The SMILES string of the molecule is COc1cc(OC)cc(C(=O)NCc2ccc(CN3CCCCC3C)cc2)c1. The van der Waals surface area contributed by atoms with Gasteiger partial charge in [-0.15, -0.1) is 0 Å². The number of ether oxygens (including phenoxy) is 2. The molecule has 0 saturated carbocycles. The lowest BCUT2D eigenvalue weighted by Crippen LogP contribution is -2.36. The molecule has 1 amide bonds.